The van der Waals surface area contributed by atoms with E-state index >= 15 is 0 Å². The highest BCUT2D eigenvalue weighted by atomic mass is 32.2. The van der Waals surface area contributed by atoms with Crippen LogP contribution in [-0.4, -0.2) is 30.7 Å². The van der Waals surface area contributed by atoms with E-state index in [1.807, 2.05) is 0 Å². The van der Waals surface area contributed by atoms with Gasteiger partial charge in [-0.15, -0.1) is 0 Å². The van der Waals surface area contributed by atoms with Crippen LogP contribution in [-0.2, 0) is 10.0 Å². The van der Waals surface area contributed by atoms with Gasteiger partial charge in [-0.3, -0.25) is 10.1 Å². The van der Waals surface area contributed by atoms with Crippen LogP contribution in [0.2, 0.25) is 0 Å². The predicted octanol–water partition coefficient (Wildman–Crippen LogP) is 1.44. The van der Waals surface area contributed by atoms with Gasteiger partial charge in [0.1, 0.15) is 6.54 Å². The van der Waals surface area contributed by atoms with E-state index in [1.165, 1.54) is 19.1 Å². The van der Waals surface area contributed by atoms with Crippen molar-refractivity contribution < 1.29 is 13.3 Å². The minimum absolute atomic E-state index is 0.0708. The van der Waals surface area contributed by atoms with Gasteiger partial charge in [0.25, 0.3) is 15.7 Å². The molecule has 19 heavy (non-hydrogen) atoms. The Balaban J connectivity index is 3.53. The lowest BCUT2D eigenvalue weighted by atomic mass is 10.2. The first-order valence-electron chi connectivity index (χ1n) is 5.47. The summed E-state index contributed by atoms with van der Waals surface area (Å²) >= 11 is 0. The summed E-state index contributed by atoms with van der Waals surface area (Å²) < 4.78 is 25.6. The van der Waals surface area contributed by atoms with E-state index in [1.54, 1.807) is 13.0 Å². The molecule has 0 heterocycles. The summed E-state index contributed by atoms with van der Waals surface area (Å²) in [5, 5.41) is 19.6. The van der Waals surface area contributed by atoms with E-state index in [9.17, 15) is 18.5 Å². The molecule has 0 bridgehead atoms. The fourth-order valence-electron chi connectivity index (χ4n) is 1.69. The smallest absolute Gasteiger partial charge is 0.258 e. The largest absolute Gasteiger partial charge is 0.289 e. The Morgan fingerprint density at radius 3 is 2.58 bits per heavy atom. The molecule has 0 aliphatic heterocycles. The van der Waals surface area contributed by atoms with E-state index in [0.29, 0.717) is 0 Å². The Hall–Kier alpha value is -1.98. The Kier molecular flexibility index (Phi) is 4.58. The zero-order valence-electron chi connectivity index (χ0n) is 10.5. The first kappa shape index (κ1) is 15.1. The van der Waals surface area contributed by atoms with Crippen LogP contribution in [0.15, 0.2) is 23.1 Å². The van der Waals surface area contributed by atoms with Crippen LogP contribution in [0.4, 0.5) is 5.69 Å². The molecule has 1 aromatic rings. The second-order valence-electron chi connectivity index (χ2n) is 3.77. The average molecular weight is 283 g/mol. The zero-order valence-corrected chi connectivity index (χ0v) is 11.3. The van der Waals surface area contributed by atoms with E-state index in [-0.39, 0.29) is 23.5 Å². The highest BCUT2D eigenvalue weighted by Gasteiger charge is 2.32. The molecule has 1 rings (SSSR count). The summed E-state index contributed by atoms with van der Waals surface area (Å²) in [6, 6.07) is 5.79. The third kappa shape index (κ3) is 2.89. The molecule has 0 aliphatic rings. The van der Waals surface area contributed by atoms with Gasteiger partial charge in [-0.05, 0) is 12.5 Å². The molecule has 0 atom stereocenters. The van der Waals surface area contributed by atoms with Gasteiger partial charge < -0.3 is 0 Å². The number of hydrogen-bond acceptors (Lipinski definition) is 5. The average Bonchev–Trinajstić information content (AvgIpc) is 2.34. The molecule has 0 saturated carbocycles. The number of sulfonamides is 1. The predicted molar refractivity (Wildman–Crippen MR) is 67.9 cm³/mol. The number of nitro groups is 1. The Morgan fingerprint density at radius 2 is 2.11 bits per heavy atom. The summed E-state index contributed by atoms with van der Waals surface area (Å²) in [5.74, 6) is 0. The summed E-state index contributed by atoms with van der Waals surface area (Å²) in [6.45, 7) is 2.78. The third-order valence-electron chi connectivity index (χ3n) is 2.59. The first-order chi connectivity index (χ1) is 8.86. The zero-order chi connectivity index (χ0) is 14.6. The van der Waals surface area contributed by atoms with Gasteiger partial charge in [0.05, 0.1) is 11.0 Å². The van der Waals surface area contributed by atoms with Crippen molar-refractivity contribution in [2.24, 2.45) is 0 Å². The lowest BCUT2D eigenvalue weighted by Crippen LogP contribution is -2.32. The third-order valence-corrected chi connectivity index (χ3v) is 4.70. The van der Waals surface area contributed by atoms with Gasteiger partial charge in [-0.2, -0.15) is 9.57 Å². The molecule has 0 saturated heterocycles. The van der Waals surface area contributed by atoms with E-state index in [4.69, 9.17) is 5.26 Å². The Labute approximate surface area is 111 Å². The van der Waals surface area contributed by atoms with E-state index in [2.05, 4.69) is 0 Å². The molecular formula is C11H13N3O4S. The van der Waals surface area contributed by atoms with E-state index in [0.717, 1.165) is 10.4 Å². The molecule has 0 spiro atoms. The quantitative estimate of drug-likeness (QED) is 0.462. The summed E-state index contributed by atoms with van der Waals surface area (Å²) in [4.78, 5) is 9.86. The summed E-state index contributed by atoms with van der Waals surface area (Å²) in [5.41, 5.74) is -0.193. The summed E-state index contributed by atoms with van der Waals surface area (Å²) in [7, 11) is -4.05. The molecule has 0 fully saturated rings. The second kappa shape index (κ2) is 5.77. The van der Waals surface area contributed by atoms with Gasteiger partial charge in [-0.25, -0.2) is 8.42 Å². The summed E-state index contributed by atoms with van der Waals surface area (Å²) in [6.07, 6.45) is 0. The molecule has 0 N–H and O–H groups in total. The molecule has 0 amide bonds. The maximum Gasteiger partial charge on any atom is 0.289 e. The molecule has 8 heteroatoms. The molecule has 0 aliphatic carbocycles. The fourth-order valence-corrected chi connectivity index (χ4v) is 3.40. The fraction of sp³-hybridized carbons (Fsp3) is 0.364. The van der Waals surface area contributed by atoms with Crippen molar-refractivity contribution in [1.29, 1.82) is 5.26 Å². The van der Waals surface area contributed by atoms with Crippen LogP contribution in [0.1, 0.15) is 12.5 Å². The van der Waals surface area contributed by atoms with Crippen molar-refractivity contribution in [3.8, 4) is 6.07 Å². The van der Waals surface area contributed by atoms with Gasteiger partial charge >= 0.3 is 0 Å². The molecular weight excluding hydrogens is 270 g/mol. The van der Waals surface area contributed by atoms with Crippen molar-refractivity contribution in [3.05, 3.63) is 33.9 Å². The van der Waals surface area contributed by atoms with Crippen LogP contribution >= 0.6 is 0 Å². The topological polar surface area (TPSA) is 104 Å². The normalized spacial score (nSPS) is 11.3. The van der Waals surface area contributed by atoms with Crippen LogP contribution in [0.5, 0.6) is 0 Å². The lowest BCUT2D eigenvalue weighted by Gasteiger charge is -2.18. The van der Waals surface area contributed by atoms with Crippen molar-refractivity contribution in [3.63, 3.8) is 0 Å². The van der Waals surface area contributed by atoms with Crippen LogP contribution < -0.4 is 0 Å². The van der Waals surface area contributed by atoms with Crippen molar-refractivity contribution in [1.82, 2.24) is 4.31 Å². The molecule has 102 valence electrons. The number of nitro benzene ring substituents is 1. The standard InChI is InChI=1S/C11H13N3O4S/c1-3-13(8-7-12)19(17,18)11-9(2)5-4-6-10(11)14(15)16/h4-6H,3,8H2,1-2H3. The number of aryl methyl sites for hydroxylation is 1. The van der Waals surface area contributed by atoms with Crippen LogP contribution in [0, 0.1) is 28.4 Å². The van der Waals surface area contributed by atoms with Crippen molar-refractivity contribution in [2.75, 3.05) is 13.1 Å². The molecule has 0 unspecified atom stereocenters. The number of nitriles is 1. The maximum absolute atomic E-state index is 12.4. The Morgan fingerprint density at radius 1 is 1.47 bits per heavy atom. The highest BCUT2D eigenvalue weighted by molar-refractivity contribution is 7.89. The van der Waals surface area contributed by atoms with Crippen molar-refractivity contribution >= 4 is 15.7 Å². The highest BCUT2D eigenvalue weighted by Crippen LogP contribution is 2.29. The van der Waals surface area contributed by atoms with Crippen molar-refractivity contribution in [2.45, 2.75) is 18.7 Å². The minimum Gasteiger partial charge on any atom is -0.258 e. The second-order valence-corrected chi connectivity index (χ2v) is 5.64. The van der Waals surface area contributed by atoms with Gasteiger partial charge in [0.2, 0.25) is 0 Å². The van der Waals surface area contributed by atoms with Crippen LogP contribution in [0.3, 0.4) is 0 Å². The molecule has 0 radical (unpaired) electrons. The van der Waals surface area contributed by atoms with Gasteiger partial charge in [0.15, 0.2) is 4.90 Å². The minimum atomic E-state index is -4.05. The number of nitrogens with zero attached hydrogens (tertiary/aromatic N) is 3. The van der Waals surface area contributed by atoms with Gasteiger partial charge in [-0.1, -0.05) is 19.1 Å². The van der Waals surface area contributed by atoms with E-state index < -0.39 is 20.6 Å². The molecule has 0 aromatic heterocycles. The van der Waals surface area contributed by atoms with Crippen LogP contribution in [0.25, 0.3) is 0 Å². The molecule has 7 nitrogen and oxygen atoms in total. The number of rotatable bonds is 5. The number of hydrogen-bond donors (Lipinski definition) is 0. The number of benzene rings is 1. The van der Waals surface area contributed by atoms with Gasteiger partial charge in [0, 0.05) is 12.6 Å². The maximum atomic E-state index is 12.4. The molecule has 1 aromatic carbocycles. The Bertz CT molecular complexity index is 634. The monoisotopic (exact) mass is 283 g/mol. The SMILES string of the molecule is CCN(CC#N)S(=O)(=O)c1c(C)cccc1[N+](=O)[O-]. The first-order valence-corrected chi connectivity index (χ1v) is 6.91. The lowest BCUT2D eigenvalue weighted by molar-refractivity contribution is -0.387.